The third kappa shape index (κ3) is 2.34. The number of piperidine rings is 1. The number of hydrogen-bond acceptors (Lipinski definition) is 4. The van der Waals surface area contributed by atoms with E-state index >= 15 is 0 Å². The van der Waals surface area contributed by atoms with Crippen LogP contribution in [0.3, 0.4) is 0 Å². The molecular formula is C11H18IN5. The van der Waals surface area contributed by atoms with Gasteiger partial charge in [0.05, 0.1) is 6.04 Å². The van der Waals surface area contributed by atoms with Gasteiger partial charge in [-0.2, -0.15) is 0 Å². The van der Waals surface area contributed by atoms with E-state index < -0.39 is 0 Å². The number of halogens is 1. The minimum Gasteiger partial charge on any atom is -0.325 e. The molecule has 94 valence electrons. The molecule has 1 aromatic heterocycles. The summed E-state index contributed by atoms with van der Waals surface area (Å²) in [6.07, 6.45) is 5.20. The molecule has 0 unspecified atom stereocenters. The zero-order chi connectivity index (χ0) is 11.8. The zero-order valence-corrected chi connectivity index (χ0v) is 12.0. The van der Waals surface area contributed by atoms with Crippen molar-refractivity contribution in [2.75, 3.05) is 13.1 Å². The highest BCUT2D eigenvalue weighted by Crippen LogP contribution is 2.32. The molecule has 2 fully saturated rings. The van der Waals surface area contributed by atoms with Crippen LogP contribution in [0.1, 0.15) is 37.4 Å². The van der Waals surface area contributed by atoms with Crippen LogP contribution >= 0.6 is 22.6 Å². The highest BCUT2D eigenvalue weighted by Gasteiger charge is 2.33. The molecule has 0 spiro atoms. The number of aromatic nitrogens is 3. The molecule has 1 aromatic rings. The normalized spacial score (nSPS) is 23.2. The van der Waals surface area contributed by atoms with Crippen molar-refractivity contribution >= 4 is 22.6 Å². The Labute approximate surface area is 115 Å². The molecule has 2 N–H and O–H groups in total. The van der Waals surface area contributed by atoms with E-state index in [0.29, 0.717) is 12.6 Å². The van der Waals surface area contributed by atoms with Crippen LogP contribution in [0.5, 0.6) is 0 Å². The molecule has 6 heteroatoms. The van der Waals surface area contributed by atoms with Crippen molar-refractivity contribution in [3.05, 3.63) is 9.39 Å². The Morgan fingerprint density at radius 2 is 1.88 bits per heavy atom. The van der Waals surface area contributed by atoms with Crippen LogP contribution in [0.2, 0.25) is 0 Å². The zero-order valence-electron chi connectivity index (χ0n) is 9.85. The Morgan fingerprint density at radius 3 is 2.41 bits per heavy atom. The van der Waals surface area contributed by atoms with Crippen molar-refractivity contribution in [3.8, 4) is 0 Å². The quantitative estimate of drug-likeness (QED) is 0.834. The summed E-state index contributed by atoms with van der Waals surface area (Å²) in [6, 6.07) is 1.41. The van der Waals surface area contributed by atoms with Crippen LogP contribution in [-0.4, -0.2) is 39.0 Å². The fraction of sp³-hybridized carbons (Fsp3) is 0.818. The lowest BCUT2D eigenvalue weighted by atomic mass is 10.1. The molecule has 1 aliphatic carbocycles. The van der Waals surface area contributed by atoms with Crippen LogP contribution in [0.25, 0.3) is 0 Å². The number of nitrogens with two attached hydrogens (primary N) is 1. The first-order valence-corrected chi connectivity index (χ1v) is 7.41. The van der Waals surface area contributed by atoms with E-state index in [2.05, 4.69) is 42.5 Å². The summed E-state index contributed by atoms with van der Waals surface area (Å²) in [5, 5.41) is 8.40. The fourth-order valence-corrected chi connectivity index (χ4v) is 3.43. The van der Waals surface area contributed by atoms with Gasteiger partial charge in [-0.25, -0.2) is 4.68 Å². The molecule has 5 nitrogen and oxygen atoms in total. The Kier molecular flexibility index (Phi) is 3.36. The average Bonchev–Trinajstić information content (AvgIpc) is 3.14. The maximum Gasteiger partial charge on any atom is 0.124 e. The Balaban J connectivity index is 1.66. The molecule has 2 heterocycles. The lowest BCUT2D eigenvalue weighted by molar-refractivity contribution is 0.170. The number of hydrogen-bond donors (Lipinski definition) is 1. The van der Waals surface area contributed by atoms with E-state index in [0.717, 1.165) is 15.4 Å². The van der Waals surface area contributed by atoms with E-state index in [9.17, 15) is 0 Å². The molecule has 0 radical (unpaired) electrons. The summed E-state index contributed by atoms with van der Waals surface area (Å²) in [5.41, 5.74) is 6.56. The van der Waals surface area contributed by atoms with Crippen molar-refractivity contribution in [3.63, 3.8) is 0 Å². The second-order valence-corrected chi connectivity index (χ2v) is 6.00. The van der Waals surface area contributed by atoms with Crippen molar-refractivity contribution in [2.45, 2.75) is 44.3 Å². The summed E-state index contributed by atoms with van der Waals surface area (Å²) in [6.45, 7) is 2.91. The van der Waals surface area contributed by atoms with Crippen LogP contribution < -0.4 is 5.73 Å². The monoisotopic (exact) mass is 347 g/mol. The van der Waals surface area contributed by atoms with Gasteiger partial charge in [-0.1, -0.05) is 5.21 Å². The van der Waals surface area contributed by atoms with E-state index in [-0.39, 0.29) is 0 Å². The molecule has 0 aromatic carbocycles. The third-order valence-corrected chi connectivity index (χ3v) is 4.92. The minimum atomic E-state index is 0.485. The van der Waals surface area contributed by atoms with E-state index in [4.69, 9.17) is 5.73 Å². The van der Waals surface area contributed by atoms with Gasteiger partial charge < -0.3 is 10.6 Å². The second-order valence-electron chi connectivity index (χ2n) is 4.97. The molecule has 2 aliphatic rings. The Bertz CT molecular complexity index is 393. The topological polar surface area (TPSA) is 60.0 Å². The number of rotatable bonds is 3. The van der Waals surface area contributed by atoms with Crippen LogP contribution in [0.4, 0.5) is 0 Å². The predicted octanol–water partition coefficient (Wildman–Crippen LogP) is 1.14. The van der Waals surface area contributed by atoms with E-state index in [1.807, 2.05) is 0 Å². The van der Waals surface area contributed by atoms with Gasteiger partial charge in [-0.05, 0) is 48.3 Å². The van der Waals surface area contributed by atoms with Crippen molar-refractivity contribution in [1.29, 1.82) is 0 Å². The van der Waals surface area contributed by atoms with Gasteiger partial charge in [-0.15, -0.1) is 5.10 Å². The predicted molar refractivity (Wildman–Crippen MR) is 73.5 cm³/mol. The van der Waals surface area contributed by atoms with Gasteiger partial charge >= 0.3 is 0 Å². The van der Waals surface area contributed by atoms with Gasteiger partial charge in [0.2, 0.25) is 0 Å². The first-order chi connectivity index (χ1) is 8.29. The van der Waals surface area contributed by atoms with E-state index in [1.165, 1.54) is 38.8 Å². The first kappa shape index (κ1) is 11.9. The first-order valence-electron chi connectivity index (χ1n) is 6.33. The summed E-state index contributed by atoms with van der Waals surface area (Å²) in [7, 11) is 0. The second kappa shape index (κ2) is 4.81. The molecular weight excluding hydrogens is 329 g/mol. The van der Waals surface area contributed by atoms with Gasteiger partial charge in [0, 0.05) is 25.7 Å². The Hall–Kier alpha value is -0.210. The lowest BCUT2D eigenvalue weighted by Gasteiger charge is -2.32. The van der Waals surface area contributed by atoms with Crippen molar-refractivity contribution in [1.82, 2.24) is 19.9 Å². The van der Waals surface area contributed by atoms with Gasteiger partial charge in [0.1, 0.15) is 9.39 Å². The van der Waals surface area contributed by atoms with Gasteiger partial charge in [-0.3, -0.25) is 0 Å². The SMILES string of the molecule is NCc1nnn(C2CCN(C3CC3)CC2)c1I. The van der Waals surface area contributed by atoms with Crippen molar-refractivity contribution < 1.29 is 0 Å². The molecule has 1 saturated heterocycles. The van der Waals surface area contributed by atoms with Crippen molar-refractivity contribution in [2.24, 2.45) is 5.73 Å². The molecule has 3 rings (SSSR count). The maximum atomic E-state index is 5.63. The fourth-order valence-electron chi connectivity index (χ4n) is 2.61. The molecule has 17 heavy (non-hydrogen) atoms. The van der Waals surface area contributed by atoms with Gasteiger partial charge in [0.15, 0.2) is 0 Å². The molecule has 1 aliphatic heterocycles. The molecule has 1 saturated carbocycles. The standard InChI is InChI=1S/C11H18IN5/c12-11-10(7-13)14-15-17(11)9-3-5-16(6-4-9)8-1-2-8/h8-9H,1-7,13H2. The summed E-state index contributed by atoms with van der Waals surface area (Å²) < 4.78 is 3.20. The van der Waals surface area contributed by atoms with Crippen LogP contribution in [0, 0.1) is 3.70 Å². The largest absolute Gasteiger partial charge is 0.325 e. The number of likely N-dealkylation sites (tertiary alicyclic amines) is 1. The average molecular weight is 347 g/mol. The number of nitrogens with zero attached hydrogens (tertiary/aromatic N) is 4. The third-order valence-electron chi connectivity index (χ3n) is 3.80. The molecule has 0 atom stereocenters. The van der Waals surface area contributed by atoms with Gasteiger partial charge in [0.25, 0.3) is 0 Å². The smallest absolute Gasteiger partial charge is 0.124 e. The summed E-state index contributed by atoms with van der Waals surface area (Å²) in [4.78, 5) is 2.63. The van der Waals surface area contributed by atoms with Crippen LogP contribution in [-0.2, 0) is 6.54 Å². The molecule has 0 bridgehead atoms. The lowest BCUT2D eigenvalue weighted by Crippen LogP contribution is -2.36. The highest BCUT2D eigenvalue weighted by atomic mass is 127. The van der Waals surface area contributed by atoms with E-state index in [1.54, 1.807) is 0 Å². The highest BCUT2D eigenvalue weighted by molar-refractivity contribution is 14.1. The van der Waals surface area contributed by atoms with Crippen LogP contribution in [0.15, 0.2) is 0 Å². The Morgan fingerprint density at radius 1 is 1.18 bits per heavy atom. The molecule has 0 amide bonds. The summed E-state index contributed by atoms with van der Waals surface area (Å²) >= 11 is 2.31. The maximum absolute atomic E-state index is 5.63. The summed E-state index contributed by atoms with van der Waals surface area (Å²) in [5.74, 6) is 0. The minimum absolute atomic E-state index is 0.485.